The predicted octanol–water partition coefficient (Wildman–Crippen LogP) is 3.70. The van der Waals surface area contributed by atoms with Gasteiger partial charge in [-0.15, -0.1) is 0 Å². The molecule has 226 valence electrons. The molecule has 1 N–H and O–H groups in total. The molecular weight excluding hydrogens is 554 g/mol. The number of pyridine rings is 1. The Balaban J connectivity index is 1.77. The number of aromatic nitrogens is 1. The number of halogens is 2. The minimum Gasteiger partial charge on any atom is -0.451 e. The molecule has 2 bridgehead atoms. The molecule has 0 spiro atoms. The van der Waals surface area contributed by atoms with Crippen molar-refractivity contribution in [3.8, 4) is 5.75 Å². The highest BCUT2D eigenvalue weighted by atomic mass is 19.1. The fraction of sp³-hybridized carbons (Fsp3) is 0.483. The van der Waals surface area contributed by atoms with Crippen LogP contribution in [-0.4, -0.2) is 58.4 Å². The van der Waals surface area contributed by atoms with Crippen LogP contribution in [0, 0.1) is 11.6 Å². The van der Waals surface area contributed by atoms with Crippen molar-refractivity contribution in [2.75, 3.05) is 13.3 Å². The Morgan fingerprint density at radius 3 is 2.62 bits per heavy atom. The molecule has 2 aromatic rings. The van der Waals surface area contributed by atoms with Crippen molar-refractivity contribution in [3.05, 3.63) is 63.1 Å². The smallest absolute Gasteiger partial charge is 0.308 e. The second kappa shape index (κ2) is 13.1. The number of oxime groups is 1. The van der Waals surface area contributed by atoms with Crippen molar-refractivity contribution < 1.29 is 37.5 Å². The fourth-order valence-electron chi connectivity index (χ4n) is 4.98. The van der Waals surface area contributed by atoms with Crippen LogP contribution in [0.5, 0.6) is 5.75 Å². The molecule has 1 fully saturated rings. The van der Waals surface area contributed by atoms with Crippen LogP contribution in [0.4, 0.5) is 8.78 Å². The summed E-state index contributed by atoms with van der Waals surface area (Å²) in [5, 5.41) is 6.60. The Morgan fingerprint density at radius 2 is 1.93 bits per heavy atom. The molecule has 3 heterocycles. The number of amides is 2. The molecule has 0 saturated carbocycles. The van der Waals surface area contributed by atoms with E-state index in [9.17, 15) is 28.0 Å². The molecule has 0 aliphatic carbocycles. The first-order chi connectivity index (χ1) is 20.0. The lowest BCUT2D eigenvalue weighted by Gasteiger charge is -2.38. The molecule has 42 heavy (non-hydrogen) atoms. The first-order valence-electron chi connectivity index (χ1n) is 13.8. The highest BCUT2D eigenvalue weighted by Gasteiger charge is 2.44. The largest absolute Gasteiger partial charge is 0.451 e. The Morgan fingerprint density at radius 1 is 1.17 bits per heavy atom. The summed E-state index contributed by atoms with van der Waals surface area (Å²) in [6, 6.07) is 2.19. The maximum Gasteiger partial charge on any atom is 0.308 e. The van der Waals surface area contributed by atoms with Crippen LogP contribution in [0.25, 0.3) is 0 Å². The van der Waals surface area contributed by atoms with Gasteiger partial charge in [0, 0.05) is 43.4 Å². The van der Waals surface area contributed by atoms with Crippen molar-refractivity contribution in [1.29, 1.82) is 0 Å². The third kappa shape index (κ3) is 6.60. The summed E-state index contributed by atoms with van der Waals surface area (Å²) in [5.41, 5.74) is -0.716. The molecule has 4 rings (SSSR count). The highest BCUT2D eigenvalue weighted by molar-refractivity contribution is 5.99. The Hall–Kier alpha value is -4.29. The van der Waals surface area contributed by atoms with E-state index < -0.39 is 59.5 Å². The van der Waals surface area contributed by atoms with Crippen molar-refractivity contribution >= 4 is 23.5 Å². The van der Waals surface area contributed by atoms with Crippen LogP contribution >= 0.6 is 0 Å². The van der Waals surface area contributed by atoms with Crippen LogP contribution in [0.1, 0.15) is 85.8 Å². The fourth-order valence-corrected chi connectivity index (χ4v) is 4.98. The summed E-state index contributed by atoms with van der Waals surface area (Å²) in [7, 11) is 0. The SMILES string of the molecule is CCCC(=O)OCOc1c2n(cc(C(=O)NCc3ccc(F)cc3F)c1=O)[C@@H]1CN(C2=O)[C@@H](C)CC[C@H]1ON=C(C)C. The van der Waals surface area contributed by atoms with E-state index in [1.54, 1.807) is 25.7 Å². The summed E-state index contributed by atoms with van der Waals surface area (Å²) in [4.78, 5) is 60.1. The normalized spacial score (nSPS) is 19.3. The van der Waals surface area contributed by atoms with Gasteiger partial charge in [-0.3, -0.25) is 19.2 Å². The van der Waals surface area contributed by atoms with Gasteiger partial charge >= 0.3 is 5.97 Å². The molecule has 0 radical (unpaired) electrons. The van der Waals surface area contributed by atoms with Gasteiger partial charge in [0.15, 0.2) is 5.69 Å². The summed E-state index contributed by atoms with van der Waals surface area (Å²) in [6.45, 7) is 6.48. The zero-order chi connectivity index (χ0) is 30.6. The minimum atomic E-state index is -0.911. The van der Waals surface area contributed by atoms with E-state index in [0.29, 0.717) is 31.0 Å². The number of carbonyl (C=O) groups excluding carboxylic acids is 3. The van der Waals surface area contributed by atoms with Gasteiger partial charge in [0.2, 0.25) is 18.0 Å². The van der Waals surface area contributed by atoms with Gasteiger partial charge in [0.1, 0.15) is 23.3 Å². The first-order valence-corrected chi connectivity index (χ1v) is 13.8. The standard InChI is InChI=1S/C29H34F2N4O7/c1-5-6-24(36)40-15-41-27-25-29(39)34-14-22(23(10-7-17(34)4)42-33-16(2)3)35(25)13-20(26(27)37)28(38)32-12-18-8-9-19(30)11-21(18)31/h8-9,11,13,17,22-23H,5-7,10,12,14-15H2,1-4H3,(H,32,38)/t17-,22+,23+/m0/s1. The highest BCUT2D eigenvalue weighted by Crippen LogP contribution is 2.36. The maximum absolute atomic E-state index is 14.2. The lowest BCUT2D eigenvalue weighted by molar-refractivity contribution is -0.150. The van der Waals surface area contributed by atoms with Crippen molar-refractivity contribution in [3.63, 3.8) is 0 Å². The molecule has 2 aliphatic heterocycles. The third-order valence-corrected chi connectivity index (χ3v) is 7.17. The molecule has 2 amide bonds. The van der Waals surface area contributed by atoms with Crippen molar-refractivity contribution in [2.24, 2.45) is 5.16 Å². The first kappa shape index (κ1) is 30.7. The molecular formula is C29H34F2N4O7. The average molecular weight is 589 g/mol. The van der Waals surface area contributed by atoms with Gasteiger partial charge in [-0.05, 0) is 46.1 Å². The number of hydrogen-bond acceptors (Lipinski definition) is 8. The number of ether oxygens (including phenoxy) is 2. The molecule has 2 aliphatic rings. The van der Waals surface area contributed by atoms with Gasteiger partial charge in [0.05, 0.1) is 11.8 Å². The van der Waals surface area contributed by atoms with E-state index in [1.807, 2.05) is 6.92 Å². The number of fused-ring (bicyclic) bond motifs is 4. The minimum absolute atomic E-state index is 0.00644. The molecule has 3 atom stereocenters. The molecule has 11 nitrogen and oxygen atoms in total. The number of rotatable bonds is 10. The number of hydrogen-bond donors (Lipinski definition) is 1. The molecule has 1 aromatic heterocycles. The summed E-state index contributed by atoms with van der Waals surface area (Å²) >= 11 is 0. The van der Waals surface area contributed by atoms with E-state index in [0.717, 1.165) is 6.07 Å². The van der Waals surface area contributed by atoms with Crippen LogP contribution < -0.4 is 15.5 Å². The Labute approximate surface area is 241 Å². The summed E-state index contributed by atoms with van der Waals surface area (Å²) < 4.78 is 39.7. The Bertz CT molecular complexity index is 1450. The van der Waals surface area contributed by atoms with Crippen LogP contribution in [0.3, 0.4) is 0 Å². The topological polar surface area (TPSA) is 129 Å². The van der Waals surface area contributed by atoms with E-state index in [2.05, 4.69) is 10.5 Å². The second-order valence-electron chi connectivity index (χ2n) is 10.5. The van der Waals surface area contributed by atoms with E-state index in [-0.39, 0.29) is 42.4 Å². The molecule has 1 aromatic carbocycles. The molecule has 1 saturated heterocycles. The second-order valence-corrected chi connectivity index (χ2v) is 10.5. The van der Waals surface area contributed by atoms with Crippen LogP contribution in [-0.2, 0) is 20.9 Å². The monoisotopic (exact) mass is 588 g/mol. The molecule has 0 unspecified atom stereocenters. The quantitative estimate of drug-likeness (QED) is 0.194. The van der Waals surface area contributed by atoms with Gasteiger partial charge in [0.25, 0.3) is 11.8 Å². The zero-order valence-corrected chi connectivity index (χ0v) is 23.9. The number of benzene rings is 1. The van der Waals surface area contributed by atoms with Crippen LogP contribution in [0.2, 0.25) is 0 Å². The maximum atomic E-state index is 14.2. The number of esters is 1. The van der Waals surface area contributed by atoms with Crippen molar-refractivity contribution in [1.82, 2.24) is 14.8 Å². The van der Waals surface area contributed by atoms with E-state index in [4.69, 9.17) is 14.3 Å². The lowest BCUT2D eigenvalue weighted by Crippen LogP contribution is -2.49. The van der Waals surface area contributed by atoms with Gasteiger partial charge in [-0.2, -0.15) is 0 Å². The molecule has 13 heteroatoms. The lowest BCUT2D eigenvalue weighted by atomic mass is 10.0. The van der Waals surface area contributed by atoms with E-state index in [1.165, 1.54) is 16.8 Å². The third-order valence-electron chi connectivity index (χ3n) is 7.17. The van der Waals surface area contributed by atoms with Crippen LogP contribution in [0.15, 0.2) is 34.3 Å². The summed E-state index contributed by atoms with van der Waals surface area (Å²) in [5.74, 6) is -4.00. The number of nitrogens with zero attached hydrogens (tertiary/aromatic N) is 3. The Kier molecular flexibility index (Phi) is 9.59. The summed E-state index contributed by atoms with van der Waals surface area (Å²) in [6.07, 6.45) is 2.56. The van der Waals surface area contributed by atoms with Gasteiger partial charge in [-0.25, -0.2) is 8.78 Å². The average Bonchev–Trinajstić information content (AvgIpc) is 3.08. The van der Waals surface area contributed by atoms with E-state index >= 15 is 0 Å². The number of carbonyl (C=O) groups is 3. The zero-order valence-electron chi connectivity index (χ0n) is 23.9. The van der Waals surface area contributed by atoms with Gasteiger partial charge in [-0.1, -0.05) is 18.1 Å². The predicted molar refractivity (Wildman–Crippen MR) is 147 cm³/mol. The number of nitrogens with one attached hydrogen (secondary N) is 1. The van der Waals surface area contributed by atoms with Crippen molar-refractivity contribution in [2.45, 2.75) is 78.1 Å². The van der Waals surface area contributed by atoms with Gasteiger partial charge < -0.3 is 29.1 Å².